The second-order valence-electron chi connectivity index (χ2n) is 8.15. The lowest BCUT2D eigenvalue weighted by Gasteiger charge is -2.10. The molecule has 0 unspecified atom stereocenters. The van der Waals surface area contributed by atoms with Gasteiger partial charge in [-0.15, -0.1) is 0 Å². The molecule has 39 heavy (non-hydrogen) atoms. The van der Waals surface area contributed by atoms with Crippen molar-refractivity contribution in [2.75, 3.05) is 7.11 Å². The molecule has 206 valence electrons. The molecule has 0 spiro atoms. The highest BCUT2D eigenvalue weighted by molar-refractivity contribution is 5.64. The molecule has 1 aromatic heterocycles. The zero-order valence-corrected chi connectivity index (χ0v) is 20.6. The van der Waals surface area contributed by atoms with Gasteiger partial charge < -0.3 is 14.6 Å². The molecule has 0 saturated carbocycles. The largest absolute Gasteiger partial charge is 0.496 e. The van der Waals surface area contributed by atoms with Crippen LogP contribution in [-0.2, 0) is 36.9 Å². The number of benzene rings is 3. The Kier molecular flexibility index (Phi) is 10.0. The number of hydrogen-bond acceptors (Lipinski definition) is 5. The number of rotatable bonds is 7. The molecule has 3 aromatic carbocycles. The molecule has 0 aliphatic carbocycles. The molecule has 1 N–H and O–H groups in total. The molecule has 0 amide bonds. The van der Waals surface area contributed by atoms with Gasteiger partial charge in [-0.2, -0.15) is 26.3 Å². The normalized spacial score (nSPS) is 11.5. The van der Waals surface area contributed by atoms with Crippen molar-refractivity contribution in [3.05, 3.63) is 113 Å². The first-order valence-corrected chi connectivity index (χ1v) is 11.5. The Morgan fingerprint density at radius 3 is 1.69 bits per heavy atom. The third-order valence-electron chi connectivity index (χ3n) is 5.30. The van der Waals surface area contributed by atoms with Gasteiger partial charge in [-0.1, -0.05) is 30.3 Å². The van der Waals surface area contributed by atoms with E-state index in [2.05, 4.69) is 9.97 Å². The lowest BCUT2D eigenvalue weighted by molar-refractivity contribution is -0.138. The van der Waals surface area contributed by atoms with Crippen molar-refractivity contribution in [3.63, 3.8) is 0 Å². The molecule has 1 heterocycles. The Morgan fingerprint density at radius 2 is 1.23 bits per heavy atom. The molecule has 4 aromatic rings. The van der Waals surface area contributed by atoms with Gasteiger partial charge in [-0.25, -0.2) is 9.97 Å². The lowest BCUT2D eigenvalue weighted by atomic mass is 10.1. The number of aliphatic hydroxyl groups is 1. The van der Waals surface area contributed by atoms with Crippen molar-refractivity contribution in [2.24, 2.45) is 0 Å². The van der Waals surface area contributed by atoms with Gasteiger partial charge in [0.2, 0.25) is 0 Å². The lowest BCUT2D eigenvalue weighted by Crippen LogP contribution is -2.06. The molecule has 0 atom stereocenters. The molecule has 4 rings (SSSR count). The Labute approximate surface area is 220 Å². The second-order valence-corrected chi connectivity index (χ2v) is 8.15. The van der Waals surface area contributed by atoms with Crippen molar-refractivity contribution in [1.82, 2.24) is 9.97 Å². The maximum Gasteiger partial charge on any atom is 0.416 e. The predicted octanol–water partition coefficient (Wildman–Crippen LogP) is 7.09. The summed E-state index contributed by atoms with van der Waals surface area (Å²) < 4.78 is 85.8. The van der Waals surface area contributed by atoms with Crippen LogP contribution in [0.15, 0.2) is 85.2 Å². The number of alkyl halides is 6. The molecule has 0 saturated heterocycles. The summed E-state index contributed by atoms with van der Waals surface area (Å²) in [6.45, 7) is -0.260. The van der Waals surface area contributed by atoms with Crippen LogP contribution in [0.5, 0.6) is 5.75 Å². The minimum atomic E-state index is -4.45. The minimum Gasteiger partial charge on any atom is -0.496 e. The molecule has 0 bridgehead atoms. The van der Waals surface area contributed by atoms with Crippen LogP contribution in [0, 0.1) is 0 Å². The van der Waals surface area contributed by atoms with E-state index in [-0.39, 0.29) is 19.8 Å². The van der Waals surface area contributed by atoms with Crippen LogP contribution in [0.1, 0.15) is 27.8 Å². The van der Waals surface area contributed by atoms with E-state index in [1.165, 1.54) is 24.3 Å². The van der Waals surface area contributed by atoms with Gasteiger partial charge in [-0.3, -0.25) is 0 Å². The van der Waals surface area contributed by atoms with Crippen molar-refractivity contribution >= 4 is 0 Å². The molecule has 11 heteroatoms. The highest BCUT2D eigenvalue weighted by atomic mass is 19.4. The first kappa shape index (κ1) is 29.6. The predicted molar refractivity (Wildman–Crippen MR) is 131 cm³/mol. The maximum absolute atomic E-state index is 12.6. The zero-order chi connectivity index (χ0) is 28.5. The molecular formula is C28H24F6N2O3. The van der Waals surface area contributed by atoms with Crippen molar-refractivity contribution < 1.29 is 40.9 Å². The molecule has 0 fully saturated rings. The summed E-state index contributed by atoms with van der Waals surface area (Å²) >= 11 is 0. The van der Waals surface area contributed by atoms with Crippen molar-refractivity contribution in [1.29, 1.82) is 0 Å². The highest BCUT2D eigenvalue weighted by Crippen LogP contribution is 2.31. The van der Waals surface area contributed by atoms with E-state index >= 15 is 0 Å². The van der Waals surface area contributed by atoms with Crippen LogP contribution >= 0.6 is 0 Å². The summed E-state index contributed by atoms with van der Waals surface area (Å²) in [6, 6.07) is 16.4. The van der Waals surface area contributed by atoms with E-state index < -0.39 is 23.5 Å². The number of aromatic nitrogens is 2. The van der Waals surface area contributed by atoms with E-state index in [0.29, 0.717) is 22.7 Å². The summed E-state index contributed by atoms with van der Waals surface area (Å²) in [7, 11) is 1.60. The summed E-state index contributed by atoms with van der Waals surface area (Å²) in [5.74, 6) is 1.29. The smallest absolute Gasteiger partial charge is 0.416 e. The van der Waals surface area contributed by atoms with E-state index in [4.69, 9.17) is 14.6 Å². The van der Waals surface area contributed by atoms with Gasteiger partial charge in [-0.05, 0) is 59.2 Å². The standard InChI is InChI=1S/C16H12F6O.C12H12N2O2/c17-15(18,19)13-5-1-3-11(7-13)9-23-10-12-4-2-6-14(8-12)16(20,21)22;1-16-11-4-3-9(8-15)7-10(11)12-13-5-2-6-14-12/h1-8H,9-10H2;2-7,15H,8H2,1H3. The van der Waals surface area contributed by atoms with Crippen LogP contribution in [-0.4, -0.2) is 22.2 Å². The number of aliphatic hydroxyl groups excluding tert-OH is 1. The van der Waals surface area contributed by atoms with Crippen LogP contribution in [0.25, 0.3) is 11.4 Å². The van der Waals surface area contributed by atoms with Crippen LogP contribution in [0.2, 0.25) is 0 Å². The average Bonchev–Trinajstić information content (AvgIpc) is 2.93. The topological polar surface area (TPSA) is 64.5 Å². The van der Waals surface area contributed by atoms with Gasteiger partial charge in [0.05, 0.1) is 43.6 Å². The number of nitrogens with zero attached hydrogens (tertiary/aromatic N) is 2. The van der Waals surface area contributed by atoms with E-state index in [1.54, 1.807) is 31.6 Å². The average molecular weight is 550 g/mol. The monoisotopic (exact) mass is 550 g/mol. The Hall–Kier alpha value is -3.96. The SMILES string of the molecule is COc1ccc(CO)cc1-c1ncccn1.FC(F)(F)c1cccc(COCc2cccc(C(F)(F)F)c2)c1. The fraction of sp³-hybridized carbons (Fsp3) is 0.214. The first-order valence-electron chi connectivity index (χ1n) is 11.5. The zero-order valence-electron chi connectivity index (χ0n) is 20.6. The van der Waals surface area contributed by atoms with E-state index in [0.717, 1.165) is 35.4 Å². The van der Waals surface area contributed by atoms with E-state index in [9.17, 15) is 26.3 Å². The molecule has 0 radical (unpaired) electrons. The van der Waals surface area contributed by atoms with Crippen molar-refractivity contribution in [2.45, 2.75) is 32.2 Å². The third-order valence-corrected chi connectivity index (χ3v) is 5.30. The Bertz CT molecular complexity index is 1290. The number of hydrogen-bond donors (Lipinski definition) is 1. The Morgan fingerprint density at radius 1 is 0.692 bits per heavy atom. The van der Waals surface area contributed by atoms with Gasteiger partial charge >= 0.3 is 12.4 Å². The minimum absolute atomic E-state index is 0.0101. The summed E-state index contributed by atoms with van der Waals surface area (Å²) in [4.78, 5) is 8.32. The number of methoxy groups -OCH3 is 1. The van der Waals surface area contributed by atoms with Gasteiger partial charge in [0.15, 0.2) is 5.82 Å². The molecule has 5 nitrogen and oxygen atoms in total. The van der Waals surface area contributed by atoms with E-state index in [1.807, 2.05) is 12.1 Å². The highest BCUT2D eigenvalue weighted by Gasteiger charge is 2.31. The van der Waals surface area contributed by atoms with Crippen LogP contribution in [0.3, 0.4) is 0 Å². The van der Waals surface area contributed by atoms with Crippen molar-refractivity contribution in [3.8, 4) is 17.1 Å². The fourth-order valence-electron chi connectivity index (χ4n) is 3.43. The summed E-state index contributed by atoms with van der Waals surface area (Å²) in [5, 5.41) is 9.09. The Balaban J connectivity index is 0.000000230. The first-order chi connectivity index (χ1) is 18.5. The van der Waals surface area contributed by atoms with Crippen LogP contribution in [0.4, 0.5) is 26.3 Å². The van der Waals surface area contributed by atoms with Gasteiger partial charge in [0.25, 0.3) is 0 Å². The fourth-order valence-corrected chi connectivity index (χ4v) is 3.43. The molecule has 0 aliphatic rings. The van der Waals surface area contributed by atoms with Crippen LogP contribution < -0.4 is 4.74 Å². The summed E-state index contributed by atoms with van der Waals surface area (Å²) in [6.07, 6.45) is -5.55. The van der Waals surface area contributed by atoms with Gasteiger partial charge in [0.1, 0.15) is 5.75 Å². The quantitative estimate of drug-likeness (QED) is 0.249. The molecule has 0 aliphatic heterocycles. The van der Waals surface area contributed by atoms with Gasteiger partial charge in [0, 0.05) is 12.4 Å². The third kappa shape index (κ3) is 8.79. The number of ether oxygens (including phenoxy) is 2. The number of halogens is 6. The summed E-state index contributed by atoms with van der Waals surface area (Å²) in [5.41, 5.74) is 0.604. The molecular weight excluding hydrogens is 526 g/mol. The second kappa shape index (κ2) is 13.2. The maximum atomic E-state index is 12.6.